The van der Waals surface area contributed by atoms with Crippen molar-refractivity contribution in [1.29, 1.82) is 0 Å². The SMILES string of the molecule is CCC(N)=Nc1c(C)cccc1C. The van der Waals surface area contributed by atoms with Crippen molar-refractivity contribution in [2.75, 3.05) is 0 Å². The summed E-state index contributed by atoms with van der Waals surface area (Å²) in [5, 5.41) is 0. The number of nitrogens with zero attached hydrogens (tertiary/aromatic N) is 1. The van der Waals surface area contributed by atoms with Crippen molar-refractivity contribution in [3.63, 3.8) is 0 Å². The summed E-state index contributed by atoms with van der Waals surface area (Å²) in [6, 6.07) is 6.13. The highest BCUT2D eigenvalue weighted by molar-refractivity contribution is 5.83. The Bertz CT molecular complexity index is 307. The van der Waals surface area contributed by atoms with Crippen LogP contribution in [0.2, 0.25) is 0 Å². The van der Waals surface area contributed by atoms with Crippen LogP contribution in [0.25, 0.3) is 0 Å². The minimum absolute atomic E-state index is 0.692. The summed E-state index contributed by atoms with van der Waals surface area (Å²) in [5.41, 5.74) is 9.06. The van der Waals surface area contributed by atoms with Crippen molar-refractivity contribution < 1.29 is 0 Å². The molecule has 0 saturated heterocycles. The molecule has 0 amide bonds. The Morgan fingerprint density at radius 3 is 2.31 bits per heavy atom. The lowest BCUT2D eigenvalue weighted by molar-refractivity contribution is 1.22. The normalized spacial score (nSPS) is 11.8. The molecule has 13 heavy (non-hydrogen) atoms. The Morgan fingerprint density at radius 2 is 1.85 bits per heavy atom. The Hall–Kier alpha value is -1.31. The number of para-hydroxylation sites is 1. The standard InChI is InChI=1S/C11H16N2/c1-4-10(12)13-11-8(2)6-5-7-9(11)3/h5-7H,4H2,1-3H3,(H2,12,13). The van der Waals surface area contributed by atoms with Crippen LogP contribution in [-0.4, -0.2) is 5.84 Å². The molecule has 0 aliphatic heterocycles. The molecular formula is C11H16N2. The summed E-state index contributed by atoms with van der Waals surface area (Å²) in [7, 11) is 0. The van der Waals surface area contributed by atoms with Crippen molar-refractivity contribution in [2.45, 2.75) is 27.2 Å². The van der Waals surface area contributed by atoms with Gasteiger partial charge < -0.3 is 5.73 Å². The van der Waals surface area contributed by atoms with Crippen molar-refractivity contribution in [1.82, 2.24) is 0 Å². The predicted octanol–water partition coefficient (Wildman–Crippen LogP) is 2.70. The van der Waals surface area contributed by atoms with Gasteiger partial charge >= 0.3 is 0 Å². The molecule has 0 aliphatic carbocycles. The zero-order valence-corrected chi connectivity index (χ0v) is 8.46. The predicted molar refractivity (Wildman–Crippen MR) is 57.5 cm³/mol. The molecule has 1 rings (SSSR count). The maximum Gasteiger partial charge on any atom is 0.0993 e. The van der Waals surface area contributed by atoms with Gasteiger partial charge in [-0.1, -0.05) is 25.1 Å². The highest BCUT2D eigenvalue weighted by atomic mass is 14.9. The first-order chi connectivity index (χ1) is 6.15. The van der Waals surface area contributed by atoms with Crippen LogP contribution in [0, 0.1) is 13.8 Å². The topological polar surface area (TPSA) is 38.4 Å². The van der Waals surface area contributed by atoms with E-state index in [0.717, 1.165) is 12.1 Å². The quantitative estimate of drug-likeness (QED) is 0.546. The van der Waals surface area contributed by atoms with Crippen molar-refractivity contribution in [3.8, 4) is 0 Å². The van der Waals surface area contributed by atoms with Crippen LogP contribution in [0.5, 0.6) is 0 Å². The summed E-state index contributed by atoms with van der Waals surface area (Å²) >= 11 is 0. The average Bonchev–Trinajstić information content (AvgIpc) is 2.11. The van der Waals surface area contributed by atoms with E-state index in [2.05, 4.69) is 31.0 Å². The fourth-order valence-electron chi connectivity index (χ4n) is 1.20. The molecule has 1 aromatic rings. The van der Waals surface area contributed by atoms with Gasteiger partial charge in [0.05, 0.1) is 11.5 Å². The summed E-state index contributed by atoms with van der Waals surface area (Å²) in [6.45, 7) is 6.11. The Kier molecular flexibility index (Phi) is 3.07. The van der Waals surface area contributed by atoms with E-state index in [1.54, 1.807) is 0 Å². The molecule has 0 bridgehead atoms. The first-order valence-electron chi connectivity index (χ1n) is 4.54. The highest BCUT2D eigenvalue weighted by Gasteiger charge is 1.99. The smallest absolute Gasteiger partial charge is 0.0993 e. The Balaban J connectivity index is 3.14. The lowest BCUT2D eigenvalue weighted by atomic mass is 10.1. The molecule has 70 valence electrons. The minimum Gasteiger partial charge on any atom is -0.387 e. The molecule has 0 aliphatic rings. The number of amidine groups is 1. The molecule has 0 unspecified atom stereocenters. The molecule has 0 atom stereocenters. The van der Waals surface area contributed by atoms with Gasteiger partial charge in [-0.2, -0.15) is 0 Å². The van der Waals surface area contributed by atoms with Crippen LogP contribution in [0.3, 0.4) is 0 Å². The molecule has 0 fully saturated rings. The fraction of sp³-hybridized carbons (Fsp3) is 0.364. The molecule has 0 heterocycles. The van der Waals surface area contributed by atoms with Gasteiger partial charge in [0, 0.05) is 6.42 Å². The number of nitrogens with two attached hydrogens (primary N) is 1. The van der Waals surface area contributed by atoms with Crippen LogP contribution in [0.15, 0.2) is 23.2 Å². The van der Waals surface area contributed by atoms with Gasteiger partial charge in [0.15, 0.2) is 0 Å². The van der Waals surface area contributed by atoms with Crippen LogP contribution < -0.4 is 5.73 Å². The maximum absolute atomic E-state index is 5.69. The molecule has 1 aromatic carbocycles. The molecule has 0 spiro atoms. The molecule has 2 N–H and O–H groups in total. The van der Waals surface area contributed by atoms with E-state index in [1.165, 1.54) is 11.1 Å². The molecule has 0 aromatic heterocycles. The minimum atomic E-state index is 0.692. The largest absolute Gasteiger partial charge is 0.387 e. The first-order valence-corrected chi connectivity index (χ1v) is 4.54. The number of benzene rings is 1. The zero-order chi connectivity index (χ0) is 9.84. The number of rotatable bonds is 2. The molecule has 0 radical (unpaired) electrons. The Labute approximate surface area is 79.5 Å². The maximum atomic E-state index is 5.69. The zero-order valence-electron chi connectivity index (χ0n) is 8.46. The number of aliphatic imine (C=N–C) groups is 1. The van der Waals surface area contributed by atoms with Crippen molar-refractivity contribution in [2.24, 2.45) is 10.7 Å². The lowest BCUT2D eigenvalue weighted by Crippen LogP contribution is -2.08. The fourth-order valence-corrected chi connectivity index (χ4v) is 1.20. The van der Waals surface area contributed by atoms with Gasteiger partial charge in [-0.15, -0.1) is 0 Å². The lowest BCUT2D eigenvalue weighted by Gasteiger charge is -2.04. The van der Waals surface area contributed by atoms with Crippen molar-refractivity contribution in [3.05, 3.63) is 29.3 Å². The summed E-state index contributed by atoms with van der Waals surface area (Å²) in [6.07, 6.45) is 0.799. The third kappa shape index (κ3) is 2.31. The van der Waals surface area contributed by atoms with Crippen LogP contribution in [0.4, 0.5) is 5.69 Å². The second kappa shape index (κ2) is 4.08. The summed E-state index contributed by atoms with van der Waals surface area (Å²) in [5.74, 6) is 0.692. The monoisotopic (exact) mass is 176 g/mol. The van der Waals surface area contributed by atoms with Gasteiger partial charge in [-0.05, 0) is 25.0 Å². The average molecular weight is 176 g/mol. The summed E-state index contributed by atoms with van der Waals surface area (Å²) < 4.78 is 0. The second-order valence-electron chi connectivity index (χ2n) is 3.20. The number of hydrogen-bond acceptors (Lipinski definition) is 1. The number of aryl methyl sites for hydroxylation is 2. The van der Waals surface area contributed by atoms with Gasteiger partial charge in [0.25, 0.3) is 0 Å². The molecular weight excluding hydrogens is 160 g/mol. The Morgan fingerprint density at radius 1 is 1.31 bits per heavy atom. The van der Waals surface area contributed by atoms with Crippen LogP contribution in [-0.2, 0) is 0 Å². The van der Waals surface area contributed by atoms with Crippen LogP contribution >= 0.6 is 0 Å². The van der Waals surface area contributed by atoms with E-state index in [4.69, 9.17) is 5.73 Å². The second-order valence-corrected chi connectivity index (χ2v) is 3.20. The van der Waals surface area contributed by atoms with Gasteiger partial charge in [0.2, 0.25) is 0 Å². The van der Waals surface area contributed by atoms with E-state index < -0.39 is 0 Å². The first kappa shape index (κ1) is 9.78. The van der Waals surface area contributed by atoms with E-state index in [0.29, 0.717) is 5.84 Å². The van der Waals surface area contributed by atoms with Crippen LogP contribution in [0.1, 0.15) is 24.5 Å². The molecule has 0 saturated carbocycles. The molecule has 2 heteroatoms. The van der Waals surface area contributed by atoms with E-state index in [-0.39, 0.29) is 0 Å². The van der Waals surface area contributed by atoms with Gasteiger partial charge in [-0.25, -0.2) is 4.99 Å². The van der Waals surface area contributed by atoms with Gasteiger partial charge in [-0.3, -0.25) is 0 Å². The van der Waals surface area contributed by atoms with Gasteiger partial charge in [0.1, 0.15) is 0 Å². The summed E-state index contributed by atoms with van der Waals surface area (Å²) in [4.78, 5) is 4.37. The van der Waals surface area contributed by atoms with E-state index in [1.807, 2.05) is 13.0 Å². The molecule has 2 nitrogen and oxygen atoms in total. The van der Waals surface area contributed by atoms with E-state index >= 15 is 0 Å². The van der Waals surface area contributed by atoms with E-state index in [9.17, 15) is 0 Å². The van der Waals surface area contributed by atoms with Crippen molar-refractivity contribution >= 4 is 11.5 Å². The third-order valence-corrected chi connectivity index (χ3v) is 2.06. The number of hydrogen-bond donors (Lipinski definition) is 1. The highest BCUT2D eigenvalue weighted by Crippen LogP contribution is 2.22. The third-order valence-electron chi connectivity index (χ3n) is 2.06.